The lowest BCUT2D eigenvalue weighted by molar-refractivity contribution is -0.0298. The second-order valence-electron chi connectivity index (χ2n) is 41.0. The van der Waals surface area contributed by atoms with Crippen LogP contribution in [-0.2, 0) is 62.9 Å². The van der Waals surface area contributed by atoms with E-state index in [1.807, 2.05) is 0 Å². The Balaban J connectivity index is 2.00. The number of hydrogen-bond acceptors (Lipinski definition) is 6. The SMILES string of the molecule is CCCCCCCCCCCCC(OP(OC(CCCCCCCCCCCC)(c1ccc(C)cc1C(C)(C)C)c1c(S)cc(C)cc1C(C)(C)C)OC(CCCCCCCCCCCC)(c1ccc(C)cc1C(C)(C)C)c1c(S)cc(C)cc1C(C)(C)C)(c1ccc(C)cc1C(C)(C)C)c1c(S)cc(C)cc1C(C)(C)C. The number of unbranched alkanes of at least 4 members (excludes halogenated alkanes) is 27. The fourth-order valence-electron chi connectivity index (χ4n) is 17.9. The molecule has 626 valence electrons. The van der Waals surface area contributed by atoms with Crippen molar-refractivity contribution in [1.82, 2.24) is 0 Å². The van der Waals surface area contributed by atoms with Gasteiger partial charge in [-0.05, 0) is 198 Å². The van der Waals surface area contributed by atoms with Crippen LogP contribution in [0.3, 0.4) is 0 Å². The van der Waals surface area contributed by atoms with Crippen LogP contribution in [-0.4, -0.2) is 0 Å². The van der Waals surface area contributed by atoms with Crippen LogP contribution in [0.5, 0.6) is 0 Å². The molecule has 0 aliphatic carbocycles. The molecule has 0 aromatic heterocycles. The van der Waals surface area contributed by atoms with Crippen LogP contribution < -0.4 is 0 Å². The van der Waals surface area contributed by atoms with Crippen LogP contribution in [0, 0.1) is 41.5 Å². The highest BCUT2D eigenvalue weighted by Gasteiger charge is 2.55. The Hall–Kier alpha value is -3.32. The molecule has 0 bridgehead atoms. The van der Waals surface area contributed by atoms with Gasteiger partial charge in [-0.15, -0.1) is 37.9 Å². The molecule has 0 saturated carbocycles. The van der Waals surface area contributed by atoms with Crippen LogP contribution in [0.25, 0.3) is 0 Å². The maximum absolute atomic E-state index is 9.52. The Morgan fingerprint density at radius 2 is 0.402 bits per heavy atom. The molecule has 0 aliphatic rings. The summed E-state index contributed by atoms with van der Waals surface area (Å²) in [6.07, 6.45) is 38.3. The Morgan fingerprint density at radius 3 is 0.589 bits per heavy atom. The minimum absolute atomic E-state index is 0.331. The van der Waals surface area contributed by atoms with Gasteiger partial charge in [-0.3, -0.25) is 13.6 Å². The lowest BCUT2D eigenvalue weighted by Crippen LogP contribution is -2.42. The van der Waals surface area contributed by atoms with E-state index in [0.717, 1.165) is 106 Å². The first-order valence-corrected chi connectivity index (χ1v) is 47.6. The Labute approximate surface area is 708 Å². The zero-order valence-electron chi connectivity index (χ0n) is 77.0. The van der Waals surface area contributed by atoms with Crippen molar-refractivity contribution in [2.45, 2.75) is 463 Å². The molecule has 0 aliphatic heterocycles. The summed E-state index contributed by atoms with van der Waals surface area (Å²) in [5.41, 5.74) is 15.7. The van der Waals surface area contributed by atoms with Gasteiger partial charge < -0.3 is 0 Å². The molecule has 0 radical (unpaired) electrons. The highest BCUT2D eigenvalue weighted by molar-refractivity contribution is 7.80. The maximum atomic E-state index is 9.52. The minimum atomic E-state index is -2.65. The van der Waals surface area contributed by atoms with Crippen molar-refractivity contribution in [2.24, 2.45) is 0 Å². The third-order valence-electron chi connectivity index (χ3n) is 24.0. The van der Waals surface area contributed by atoms with Gasteiger partial charge in [0.25, 0.3) is 0 Å². The van der Waals surface area contributed by atoms with Crippen LogP contribution in [0.2, 0.25) is 0 Å². The van der Waals surface area contributed by atoms with Gasteiger partial charge in [-0.1, -0.05) is 408 Å². The van der Waals surface area contributed by atoms with Gasteiger partial charge in [0, 0.05) is 31.4 Å². The van der Waals surface area contributed by atoms with Gasteiger partial charge in [-0.25, -0.2) is 0 Å². The molecule has 112 heavy (non-hydrogen) atoms. The summed E-state index contributed by atoms with van der Waals surface area (Å²) in [5.74, 6) is 0. The van der Waals surface area contributed by atoms with Crippen LogP contribution in [0.15, 0.2) is 106 Å². The van der Waals surface area contributed by atoms with Crippen molar-refractivity contribution in [3.8, 4) is 0 Å². The van der Waals surface area contributed by atoms with Crippen LogP contribution >= 0.6 is 46.5 Å². The molecule has 6 rings (SSSR count). The molecule has 0 amide bonds. The fraction of sp³-hybridized carbons (Fsp3) is 0.657. The highest BCUT2D eigenvalue weighted by atomic mass is 32.1. The molecule has 7 heteroatoms. The van der Waals surface area contributed by atoms with Gasteiger partial charge in [0.15, 0.2) is 0 Å². The number of benzene rings is 6. The number of thiol groups is 3. The normalized spacial score (nSPS) is 14.7. The first-order valence-electron chi connectivity index (χ1n) is 45.2. The number of rotatable bonds is 45. The summed E-state index contributed by atoms with van der Waals surface area (Å²) in [6.45, 7) is 64.0. The van der Waals surface area contributed by atoms with E-state index in [9.17, 15) is 13.6 Å². The number of hydrogen-bond donors (Lipinski definition) is 3. The molecular weight excluding hydrogens is 1440 g/mol. The lowest BCUT2D eigenvalue weighted by Gasteiger charge is -2.49. The van der Waals surface area contributed by atoms with Crippen molar-refractivity contribution < 1.29 is 13.6 Å². The maximum Gasteiger partial charge on any atom is 0.336 e. The topological polar surface area (TPSA) is 27.7 Å². The molecule has 3 nitrogen and oxygen atoms in total. The van der Waals surface area contributed by atoms with Crippen LogP contribution in [0.4, 0.5) is 0 Å². The minimum Gasteiger partial charge on any atom is -0.296 e. The monoisotopic (exact) mass is 1600 g/mol. The van der Waals surface area contributed by atoms with Gasteiger partial charge in [0.05, 0.1) is 0 Å². The molecule has 0 N–H and O–H groups in total. The van der Waals surface area contributed by atoms with E-state index < -0.39 is 25.4 Å². The molecule has 0 fully saturated rings. The summed E-state index contributed by atoms with van der Waals surface area (Å²) in [5, 5.41) is 0. The molecule has 0 saturated heterocycles. The largest absolute Gasteiger partial charge is 0.336 e. The molecule has 0 spiro atoms. The van der Waals surface area contributed by atoms with Crippen molar-refractivity contribution in [2.75, 3.05) is 0 Å². The molecule has 3 unspecified atom stereocenters. The lowest BCUT2D eigenvalue weighted by atomic mass is 9.69. The van der Waals surface area contributed by atoms with Gasteiger partial charge in [0.1, 0.15) is 16.8 Å². The Bertz CT molecular complexity index is 3470. The van der Waals surface area contributed by atoms with Gasteiger partial charge >= 0.3 is 8.60 Å². The van der Waals surface area contributed by atoms with Crippen molar-refractivity contribution in [1.29, 1.82) is 0 Å². The third kappa shape index (κ3) is 27.1. The number of aryl methyl sites for hydroxylation is 6. The zero-order chi connectivity index (χ0) is 83.3. The second-order valence-corrected chi connectivity index (χ2v) is 43.5. The van der Waals surface area contributed by atoms with E-state index in [1.54, 1.807) is 0 Å². The molecule has 3 atom stereocenters. The van der Waals surface area contributed by atoms with Gasteiger partial charge in [-0.2, -0.15) is 0 Å². The van der Waals surface area contributed by atoms with E-state index in [1.165, 1.54) is 202 Å². The van der Waals surface area contributed by atoms with Crippen molar-refractivity contribution in [3.63, 3.8) is 0 Å². The molecule has 6 aromatic rings. The van der Waals surface area contributed by atoms with E-state index in [-0.39, 0.29) is 32.5 Å². The predicted octanol–water partition coefficient (Wildman–Crippen LogP) is 34.5. The summed E-state index contributed by atoms with van der Waals surface area (Å²) >= 11 is 17.9. The zero-order valence-corrected chi connectivity index (χ0v) is 80.6. The van der Waals surface area contributed by atoms with E-state index >= 15 is 0 Å². The van der Waals surface area contributed by atoms with E-state index in [2.05, 4.69) is 278 Å². The quantitative estimate of drug-likeness (QED) is 0.0202. The van der Waals surface area contributed by atoms with Crippen molar-refractivity contribution >= 4 is 46.5 Å². The standard InChI is InChI=1S/C105H165O3PS3/c1-28-31-34-37-40-43-46-49-52-55-64-103(82-61-58-76(4)67-85(82)97(10,11)12,94-88(100(19,20)21)70-79(7)73-91(94)110)106-109(107-104(65-56-53-50-47-44-41-38-35-32-29-2,83-62-59-77(5)68-86(83)98(13,14)15)95-89(101(22,23)24)71-80(8)74-92(95)111)108-105(66-57-54-51-48-45-42-39-36-33-30-3,84-63-60-78(6)69-87(84)99(16,17)18)96-90(102(25,26)27)72-81(9)75-93(96)112/h58-63,67-75,110-112H,28-57,64-66H2,1-27H3. The predicted molar refractivity (Wildman–Crippen MR) is 503 cm³/mol. The summed E-state index contributed by atoms with van der Waals surface area (Å²) in [6, 6.07) is 36.4. The van der Waals surface area contributed by atoms with Crippen molar-refractivity contribution in [3.05, 3.63) is 191 Å². The van der Waals surface area contributed by atoms with E-state index in [0.29, 0.717) is 19.3 Å². The molecule has 6 aromatic carbocycles. The van der Waals surface area contributed by atoms with Gasteiger partial charge in [0.2, 0.25) is 0 Å². The summed E-state index contributed by atoms with van der Waals surface area (Å²) < 4.78 is 28.6. The second kappa shape index (κ2) is 43.6. The Morgan fingerprint density at radius 1 is 0.223 bits per heavy atom. The Kier molecular flexibility index (Phi) is 37.9. The average molecular weight is 1600 g/mol. The average Bonchev–Trinajstić information content (AvgIpc) is 0.718. The third-order valence-corrected chi connectivity index (χ3v) is 26.5. The summed E-state index contributed by atoms with van der Waals surface area (Å²) in [4.78, 5) is 2.79. The van der Waals surface area contributed by atoms with Crippen LogP contribution in [0.1, 0.15) is 457 Å². The summed E-state index contributed by atoms with van der Waals surface area (Å²) in [7, 11) is -2.65. The highest BCUT2D eigenvalue weighted by Crippen LogP contribution is 2.67. The first kappa shape index (κ1) is 97.5. The smallest absolute Gasteiger partial charge is 0.296 e. The fourth-order valence-corrected chi connectivity index (χ4v) is 21.1. The first-order chi connectivity index (χ1) is 52.4. The molecular formula is C105H165O3PS3. The van der Waals surface area contributed by atoms with E-state index in [4.69, 9.17) is 37.9 Å². The molecule has 0 heterocycles.